The molecule has 0 N–H and O–H groups in total. The van der Waals surface area contributed by atoms with Crippen LogP contribution < -0.4 is 0 Å². The quantitative estimate of drug-likeness (QED) is 0.0737. The van der Waals surface area contributed by atoms with Gasteiger partial charge in [0.15, 0.2) is 0 Å². The van der Waals surface area contributed by atoms with Crippen molar-refractivity contribution >= 4 is 6.91 Å². The predicted molar refractivity (Wildman–Crippen MR) is 161 cm³/mol. The third kappa shape index (κ3) is 19.5. The fourth-order valence-electron chi connectivity index (χ4n) is 5.82. The van der Waals surface area contributed by atoms with E-state index in [1.165, 1.54) is 135 Å². The van der Waals surface area contributed by atoms with Crippen molar-refractivity contribution in [1.29, 1.82) is 0 Å². The monoisotopic (exact) mass is 503 g/mol. The van der Waals surface area contributed by atoms with Crippen molar-refractivity contribution in [3.63, 3.8) is 0 Å². The fraction of sp³-hybridized carbons (Fsp3) is 1.00. The third-order valence-corrected chi connectivity index (χ3v) is 14.0. The van der Waals surface area contributed by atoms with Crippen LogP contribution in [0.4, 0.5) is 4.20 Å². The summed E-state index contributed by atoms with van der Waals surface area (Å²) in [5.41, 5.74) is 0. The minimum atomic E-state index is -3.04. The maximum absolute atomic E-state index is 17.4. The van der Waals surface area contributed by atoms with Gasteiger partial charge in [-0.25, -0.2) is 0 Å². The van der Waals surface area contributed by atoms with Gasteiger partial charge in [-0.1, -0.05) is 13.3 Å². The molecule has 0 fully saturated rings. The Kier molecular flexibility index (Phi) is 24.0. The van der Waals surface area contributed by atoms with Crippen molar-refractivity contribution in [2.24, 2.45) is 0 Å². The van der Waals surface area contributed by atoms with Gasteiger partial charge in [-0.3, -0.25) is 0 Å². The molecule has 0 unspecified atom stereocenters. The first-order valence-corrected chi connectivity index (χ1v) is 19.1. The van der Waals surface area contributed by atoms with Crippen molar-refractivity contribution in [3.8, 4) is 0 Å². The molecular weight excluding hydrogens is 434 g/mol. The molecule has 0 heterocycles. The van der Waals surface area contributed by atoms with E-state index < -0.39 is 6.91 Å². The van der Waals surface area contributed by atoms with Crippen molar-refractivity contribution < 1.29 is 4.20 Å². The molecule has 0 nitrogen and oxygen atoms in total. The van der Waals surface area contributed by atoms with Crippen LogP contribution in [0, 0.1) is 0 Å². The second kappa shape index (κ2) is 23.7. The number of hydrogen-bond acceptors (Lipinski definition) is 0. The molecule has 0 radical (unpaired) electrons. The summed E-state index contributed by atoms with van der Waals surface area (Å²) in [4.78, 5) is 0. The average molecular weight is 503 g/mol. The van der Waals surface area contributed by atoms with Crippen LogP contribution in [-0.2, 0) is 0 Å². The molecule has 0 bridgehead atoms. The van der Waals surface area contributed by atoms with Crippen molar-refractivity contribution in [3.05, 3.63) is 0 Å². The Hall–Kier alpha value is 0.360. The summed E-state index contributed by atoms with van der Waals surface area (Å²) >= 11 is 0. The molecule has 0 aromatic rings. The Morgan fingerprint density at radius 2 is 0.471 bits per heavy atom. The van der Waals surface area contributed by atoms with Crippen molar-refractivity contribution in [2.75, 3.05) is 24.6 Å². The zero-order valence-corrected chi connectivity index (χ0v) is 25.5. The second-order valence-electron chi connectivity index (χ2n) is 11.8. The molecule has 208 valence electrons. The van der Waals surface area contributed by atoms with Crippen LogP contribution in [0.5, 0.6) is 0 Å². The van der Waals surface area contributed by atoms with Gasteiger partial charge in [0.05, 0.1) is 0 Å². The normalized spacial score (nSPS) is 13.3. The SMILES string of the molecule is CCCCCCCCCCCCCCP(F)(CCCCCC)(CCCCCC)CCCCCC. The molecule has 0 aromatic heterocycles. The first-order chi connectivity index (χ1) is 16.5. The van der Waals surface area contributed by atoms with Gasteiger partial charge < -0.3 is 0 Å². The van der Waals surface area contributed by atoms with Gasteiger partial charge in [-0.05, 0) is 0 Å². The van der Waals surface area contributed by atoms with E-state index >= 15 is 4.20 Å². The van der Waals surface area contributed by atoms with Crippen LogP contribution in [0.3, 0.4) is 0 Å². The Morgan fingerprint density at radius 3 is 0.706 bits per heavy atom. The van der Waals surface area contributed by atoms with E-state index in [2.05, 4.69) is 27.7 Å². The van der Waals surface area contributed by atoms with E-state index in [4.69, 9.17) is 0 Å². The topological polar surface area (TPSA) is 0 Å². The molecule has 0 aliphatic heterocycles. The Balaban J connectivity index is 4.57. The first kappa shape index (κ1) is 34.4. The van der Waals surface area contributed by atoms with Gasteiger partial charge >= 0.3 is 204 Å². The van der Waals surface area contributed by atoms with Gasteiger partial charge in [0.25, 0.3) is 0 Å². The van der Waals surface area contributed by atoms with Gasteiger partial charge in [0, 0.05) is 0 Å². The Bertz CT molecular complexity index is 374. The zero-order valence-electron chi connectivity index (χ0n) is 24.6. The van der Waals surface area contributed by atoms with E-state index in [-0.39, 0.29) is 0 Å². The van der Waals surface area contributed by atoms with E-state index in [0.717, 1.165) is 43.9 Å². The summed E-state index contributed by atoms with van der Waals surface area (Å²) in [5.74, 6) is 0. The molecule has 2 heteroatoms. The second-order valence-corrected chi connectivity index (χ2v) is 17.2. The van der Waals surface area contributed by atoms with Crippen LogP contribution in [0.25, 0.3) is 0 Å². The third-order valence-electron chi connectivity index (χ3n) is 8.28. The average Bonchev–Trinajstić information content (AvgIpc) is 2.84. The number of rotatable bonds is 28. The fourth-order valence-corrected chi connectivity index (χ4v) is 11.2. The molecule has 0 saturated carbocycles. The predicted octanol–water partition coefficient (Wildman–Crippen LogP) is 12.9. The summed E-state index contributed by atoms with van der Waals surface area (Å²) in [6.07, 6.45) is 35.2. The first-order valence-electron chi connectivity index (χ1n) is 16.3. The molecule has 34 heavy (non-hydrogen) atoms. The molecule has 0 atom stereocenters. The molecule has 0 rings (SSSR count). The van der Waals surface area contributed by atoms with E-state index in [1.807, 2.05) is 0 Å². The Labute approximate surface area is 217 Å². The molecule has 0 aromatic carbocycles. The van der Waals surface area contributed by atoms with Gasteiger partial charge in [-0.15, -0.1) is 0 Å². The van der Waals surface area contributed by atoms with Crippen LogP contribution in [0.15, 0.2) is 0 Å². The Morgan fingerprint density at radius 1 is 0.294 bits per heavy atom. The molecule has 0 amide bonds. The van der Waals surface area contributed by atoms with Crippen LogP contribution >= 0.6 is 6.91 Å². The van der Waals surface area contributed by atoms with Crippen molar-refractivity contribution in [1.82, 2.24) is 0 Å². The molecule has 0 aliphatic rings. The number of unbranched alkanes of at least 4 members (excludes halogenated alkanes) is 20. The molecule has 0 aliphatic carbocycles. The van der Waals surface area contributed by atoms with Gasteiger partial charge in [0.1, 0.15) is 0 Å². The zero-order chi connectivity index (χ0) is 25.2. The molecular formula is C32H68FP. The standard InChI is InChI=1S/C32H68FP/c1-5-9-13-17-18-19-20-21-22-23-24-28-32-34(33,29-25-14-10-6-2,30-26-15-11-7-3)31-27-16-12-8-4/h5-32H2,1-4H3. The van der Waals surface area contributed by atoms with E-state index in [9.17, 15) is 0 Å². The van der Waals surface area contributed by atoms with Crippen LogP contribution in [-0.4, -0.2) is 24.6 Å². The van der Waals surface area contributed by atoms with Crippen LogP contribution in [0.1, 0.15) is 182 Å². The summed E-state index contributed by atoms with van der Waals surface area (Å²) in [6.45, 7) is 6.08. The molecule has 0 saturated heterocycles. The van der Waals surface area contributed by atoms with E-state index in [1.54, 1.807) is 0 Å². The summed E-state index contributed by atoms with van der Waals surface area (Å²) < 4.78 is 17.4. The molecule has 0 spiro atoms. The van der Waals surface area contributed by atoms with E-state index in [0.29, 0.717) is 0 Å². The maximum atomic E-state index is 17.4. The summed E-state index contributed by atoms with van der Waals surface area (Å²) in [6, 6.07) is 0. The summed E-state index contributed by atoms with van der Waals surface area (Å²) in [7, 11) is 0. The summed E-state index contributed by atoms with van der Waals surface area (Å²) in [5, 5.41) is 0. The number of hydrogen-bond donors (Lipinski definition) is 0. The van der Waals surface area contributed by atoms with Crippen molar-refractivity contribution in [2.45, 2.75) is 182 Å². The van der Waals surface area contributed by atoms with Crippen LogP contribution in [0.2, 0.25) is 0 Å². The minimum absolute atomic E-state index is 0.960. The van der Waals surface area contributed by atoms with Gasteiger partial charge in [0.2, 0.25) is 0 Å². The number of halogens is 1. The van der Waals surface area contributed by atoms with Gasteiger partial charge in [-0.2, -0.15) is 0 Å².